The van der Waals surface area contributed by atoms with Crippen LogP contribution in [-0.2, 0) is 4.79 Å². The van der Waals surface area contributed by atoms with E-state index >= 15 is 0 Å². The molecule has 0 aromatic heterocycles. The van der Waals surface area contributed by atoms with Gasteiger partial charge in [-0.2, -0.15) is 0 Å². The number of nitrogens with one attached hydrogen (secondary N) is 1. The van der Waals surface area contributed by atoms with Crippen molar-refractivity contribution >= 4 is 24.2 Å². The Labute approximate surface area is 140 Å². The van der Waals surface area contributed by atoms with E-state index in [-0.39, 0.29) is 31.0 Å². The van der Waals surface area contributed by atoms with Gasteiger partial charge in [0.2, 0.25) is 12.7 Å². The molecule has 23 heavy (non-hydrogen) atoms. The second-order valence-corrected chi connectivity index (χ2v) is 5.30. The second-order valence-electron chi connectivity index (χ2n) is 5.30. The number of nitrogens with zero attached hydrogens (tertiary/aromatic N) is 1. The van der Waals surface area contributed by atoms with E-state index in [1.807, 2.05) is 0 Å². The zero-order chi connectivity index (χ0) is 15.5. The topological polar surface area (TPSA) is 93.9 Å². The number of halogens is 1. The van der Waals surface area contributed by atoms with Crippen molar-refractivity contribution in [1.82, 2.24) is 10.2 Å². The number of benzene rings is 1. The van der Waals surface area contributed by atoms with E-state index in [1.54, 1.807) is 23.1 Å². The van der Waals surface area contributed by atoms with Gasteiger partial charge in [-0.05, 0) is 31.0 Å². The normalized spacial score (nSPS) is 18.5. The molecule has 1 fully saturated rings. The van der Waals surface area contributed by atoms with Crippen molar-refractivity contribution in [2.24, 2.45) is 5.73 Å². The summed E-state index contributed by atoms with van der Waals surface area (Å²) in [6, 6.07) is 4.65. The Morgan fingerprint density at radius 2 is 2.09 bits per heavy atom. The van der Waals surface area contributed by atoms with Crippen LogP contribution >= 0.6 is 12.4 Å². The number of amides is 2. The Morgan fingerprint density at radius 3 is 2.87 bits per heavy atom. The van der Waals surface area contributed by atoms with Crippen molar-refractivity contribution in [3.63, 3.8) is 0 Å². The van der Waals surface area contributed by atoms with Gasteiger partial charge in [-0.25, -0.2) is 0 Å². The summed E-state index contributed by atoms with van der Waals surface area (Å²) < 4.78 is 10.5. The summed E-state index contributed by atoms with van der Waals surface area (Å²) >= 11 is 0. The van der Waals surface area contributed by atoms with E-state index in [0.29, 0.717) is 43.1 Å². The number of hydrogen-bond donors (Lipinski definition) is 2. The zero-order valence-corrected chi connectivity index (χ0v) is 13.4. The van der Waals surface area contributed by atoms with Gasteiger partial charge in [0.15, 0.2) is 11.5 Å². The Kier molecular flexibility index (Phi) is 5.68. The first-order valence-electron chi connectivity index (χ1n) is 7.39. The molecule has 126 valence electrons. The highest BCUT2D eigenvalue weighted by Gasteiger charge is 2.34. The molecular weight excluding hydrogens is 322 g/mol. The lowest BCUT2D eigenvalue weighted by molar-refractivity contribution is -0.124. The van der Waals surface area contributed by atoms with Gasteiger partial charge < -0.3 is 25.4 Å². The summed E-state index contributed by atoms with van der Waals surface area (Å²) in [5.74, 6) is 0.894. The molecule has 0 spiro atoms. The van der Waals surface area contributed by atoms with Crippen molar-refractivity contribution in [2.75, 3.05) is 26.4 Å². The summed E-state index contributed by atoms with van der Waals surface area (Å²) in [6.07, 6.45) is 1.49. The van der Waals surface area contributed by atoms with Crippen molar-refractivity contribution in [1.29, 1.82) is 0 Å². The van der Waals surface area contributed by atoms with Crippen LogP contribution in [0.5, 0.6) is 11.5 Å². The molecule has 1 atom stereocenters. The first kappa shape index (κ1) is 17.4. The molecule has 1 saturated heterocycles. The van der Waals surface area contributed by atoms with Crippen LogP contribution in [0, 0.1) is 0 Å². The predicted molar refractivity (Wildman–Crippen MR) is 85.9 cm³/mol. The molecule has 1 aromatic rings. The number of fused-ring (bicyclic) bond motifs is 1. The van der Waals surface area contributed by atoms with Gasteiger partial charge >= 0.3 is 0 Å². The van der Waals surface area contributed by atoms with E-state index in [2.05, 4.69) is 5.32 Å². The van der Waals surface area contributed by atoms with E-state index in [9.17, 15) is 9.59 Å². The monoisotopic (exact) mass is 341 g/mol. The molecule has 2 aliphatic heterocycles. The van der Waals surface area contributed by atoms with Gasteiger partial charge in [0.25, 0.3) is 5.91 Å². The quantitative estimate of drug-likeness (QED) is 0.832. The van der Waals surface area contributed by atoms with Crippen LogP contribution in [0.1, 0.15) is 23.2 Å². The fourth-order valence-corrected chi connectivity index (χ4v) is 2.79. The summed E-state index contributed by atoms with van der Waals surface area (Å²) in [5.41, 5.74) is 5.89. The third kappa shape index (κ3) is 3.51. The Morgan fingerprint density at radius 1 is 1.30 bits per heavy atom. The van der Waals surface area contributed by atoms with Crippen LogP contribution in [0.15, 0.2) is 18.2 Å². The summed E-state index contributed by atoms with van der Waals surface area (Å²) in [4.78, 5) is 26.4. The highest BCUT2D eigenvalue weighted by molar-refractivity contribution is 5.98. The molecule has 3 rings (SSSR count). The molecule has 0 saturated carbocycles. The number of carbonyl (C=O) groups excluding carboxylic acids is 2. The van der Waals surface area contributed by atoms with Crippen LogP contribution in [0.4, 0.5) is 0 Å². The first-order valence-corrected chi connectivity index (χ1v) is 7.39. The third-order valence-corrected chi connectivity index (χ3v) is 3.88. The number of carbonyl (C=O) groups is 2. The van der Waals surface area contributed by atoms with E-state index < -0.39 is 6.04 Å². The van der Waals surface area contributed by atoms with Crippen LogP contribution < -0.4 is 20.5 Å². The first-order chi connectivity index (χ1) is 10.7. The standard InChI is InChI=1S/C15H19N3O4.ClH/c16-5-6-17-14(19)11-2-1-7-18(11)15(20)10-3-4-12-13(8-10)22-9-21-12;/h3-4,8,11H,1-2,5-7,9,16H2,(H,17,19);1H. The minimum absolute atomic E-state index is 0. The number of rotatable bonds is 4. The molecule has 0 bridgehead atoms. The molecule has 7 nitrogen and oxygen atoms in total. The van der Waals surface area contributed by atoms with Crippen LogP contribution in [0.2, 0.25) is 0 Å². The fraction of sp³-hybridized carbons (Fsp3) is 0.467. The fourth-order valence-electron chi connectivity index (χ4n) is 2.79. The molecule has 0 radical (unpaired) electrons. The number of ether oxygens (including phenoxy) is 2. The average molecular weight is 342 g/mol. The lowest BCUT2D eigenvalue weighted by atomic mass is 10.1. The minimum atomic E-state index is -0.426. The third-order valence-electron chi connectivity index (χ3n) is 3.88. The number of likely N-dealkylation sites (tertiary alicyclic amines) is 1. The van der Waals surface area contributed by atoms with Crippen molar-refractivity contribution in [3.8, 4) is 11.5 Å². The molecule has 3 N–H and O–H groups in total. The smallest absolute Gasteiger partial charge is 0.254 e. The van der Waals surface area contributed by atoms with Crippen LogP contribution in [0.25, 0.3) is 0 Å². The Hall–Kier alpha value is -1.99. The maximum atomic E-state index is 12.7. The highest BCUT2D eigenvalue weighted by Crippen LogP contribution is 2.33. The molecular formula is C15H20ClN3O4. The zero-order valence-electron chi connectivity index (χ0n) is 12.6. The van der Waals surface area contributed by atoms with Gasteiger partial charge in [-0.3, -0.25) is 9.59 Å². The second kappa shape index (κ2) is 7.52. The summed E-state index contributed by atoms with van der Waals surface area (Å²) in [5, 5.41) is 2.75. The molecule has 2 aliphatic rings. The molecule has 2 amide bonds. The maximum Gasteiger partial charge on any atom is 0.254 e. The lowest BCUT2D eigenvalue weighted by Gasteiger charge is -2.24. The van der Waals surface area contributed by atoms with Crippen LogP contribution in [0.3, 0.4) is 0 Å². The van der Waals surface area contributed by atoms with Gasteiger partial charge in [0, 0.05) is 25.2 Å². The van der Waals surface area contributed by atoms with Crippen molar-refractivity contribution < 1.29 is 19.1 Å². The van der Waals surface area contributed by atoms with Gasteiger partial charge in [-0.15, -0.1) is 12.4 Å². The SMILES string of the molecule is Cl.NCCNC(=O)C1CCCN1C(=O)c1ccc2c(c1)OCO2. The van der Waals surface area contributed by atoms with Gasteiger partial charge in [0.1, 0.15) is 6.04 Å². The predicted octanol–water partition coefficient (Wildman–Crippen LogP) is 0.517. The highest BCUT2D eigenvalue weighted by atomic mass is 35.5. The number of hydrogen-bond acceptors (Lipinski definition) is 5. The van der Waals surface area contributed by atoms with Gasteiger partial charge in [0.05, 0.1) is 0 Å². The van der Waals surface area contributed by atoms with E-state index in [1.165, 1.54) is 0 Å². The van der Waals surface area contributed by atoms with E-state index in [4.69, 9.17) is 15.2 Å². The number of nitrogens with two attached hydrogens (primary N) is 1. The maximum absolute atomic E-state index is 12.7. The minimum Gasteiger partial charge on any atom is -0.454 e. The van der Waals surface area contributed by atoms with Crippen molar-refractivity contribution in [2.45, 2.75) is 18.9 Å². The molecule has 1 aromatic carbocycles. The summed E-state index contributed by atoms with van der Waals surface area (Å²) in [7, 11) is 0. The van der Waals surface area contributed by atoms with Crippen LogP contribution in [-0.4, -0.2) is 49.2 Å². The molecule has 1 unspecified atom stereocenters. The summed E-state index contributed by atoms with van der Waals surface area (Å²) in [6.45, 7) is 1.55. The average Bonchev–Trinajstić information content (AvgIpc) is 3.19. The molecule has 2 heterocycles. The van der Waals surface area contributed by atoms with Gasteiger partial charge in [-0.1, -0.05) is 0 Å². The van der Waals surface area contributed by atoms with Crippen molar-refractivity contribution in [3.05, 3.63) is 23.8 Å². The molecule has 0 aliphatic carbocycles. The Bertz CT molecular complexity index is 596. The van der Waals surface area contributed by atoms with E-state index in [0.717, 1.165) is 6.42 Å². The molecule has 8 heteroatoms. The lowest BCUT2D eigenvalue weighted by Crippen LogP contribution is -2.46. The Balaban J connectivity index is 0.00000192. The largest absolute Gasteiger partial charge is 0.454 e.